The minimum atomic E-state index is 0.762. The molecule has 0 spiro atoms. The van der Waals surface area contributed by atoms with E-state index in [1.165, 1.54) is 5.56 Å². The highest BCUT2D eigenvalue weighted by molar-refractivity contribution is 5.74. The van der Waals surface area contributed by atoms with Gasteiger partial charge in [0.2, 0.25) is 0 Å². The van der Waals surface area contributed by atoms with Crippen LogP contribution in [0.4, 0.5) is 0 Å². The van der Waals surface area contributed by atoms with Crippen LogP contribution >= 0.6 is 0 Å². The monoisotopic (exact) mass is 314 g/mol. The first-order valence-electron chi connectivity index (χ1n) is 7.78. The Morgan fingerprint density at radius 2 is 1.74 bits per heavy atom. The molecule has 0 atom stereocenters. The van der Waals surface area contributed by atoms with Crippen molar-refractivity contribution in [2.45, 2.75) is 6.54 Å². The molecule has 0 N–H and O–H groups in total. The molecule has 2 heterocycles. The third-order valence-corrected chi connectivity index (χ3v) is 4.02. The lowest BCUT2D eigenvalue weighted by atomic mass is 10.1. The van der Waals surface area contributed by atoms with E-state index in [0.29, 0.717) is 0 Å². The van der Waals surface area contributed by atoms with Crippen molar-refractivity contribution < 1.29 is 14.2 Å². The normalized spacial score (nSPS) is 15.4. The molecule has 5 nitrogen and oxygen atoms in total. The molecule has 1 aromatic carbocycles. The van der Waals surface area contributed by atoms with Crippen molar-refractivity contribution in [3.05, 3.63) is 42.1 Å². The van der Waals surface area contributed by atoms with E-state index in [0.717, 1.165) is 55.6 Å². The van der Waals surface area contributed by atoms with Crippen LogP contribution in [0.2, 0.25) is 0 Å². The highest BCUT2D eigenvalue weighted by atomic mass is 16.5. The molecule has 0 radical (unpaired) electrons. The molecule has 1 aliphatic heterocycles. The molecular formula is C18H22N2O3. The fraction of sp³-hybridized carbons (Fsp3) is 0.389. The summed E-state index contributed by atoms with van der Waals surface area (Å²) in [6, 6.07) is 9.89. The first-order valence-corrected chi connectivity index (χ1v) is 7.78. The number of pyridine rings is 1. The minimum Gasteiger partial charge on any atom is -0.496 e. The van der Waals surface area contributed by atoms with Gasteiger partial charge in [-0.1, -0.05) is 12.1 Å². The van der Waals surface area contributed by atoms with E-state index in [9.17, 15) is 0 Å². The van der Waals surface area contributed by atoms with Gasteiger partial charge in [0.1, 0.15) is 11.5 Å². The second kappa shape index (κ2) is 7.44. The fourth-order valence-electron chi connectivity index (χ4n) is 2.79. The van der Waals surface area contributed by atoms with Crippen LogP contribution in [-0.2, 0) is 11.3 Å². The van der Waals surface area contributed by atoms with Gasteiger partial charge >= 0.3 is 0 Å². The summed E-state index contributed by atoms with van der Waals surface area (Å²) in [6.45, 7) is 4.47. The van der Waals surface area contributed by atoms with Crippen LogP contribution in [0.25, 0.3) is 11.3 Å². The highest BCUT2D eigenvalue weighted by Crippen LogP contribution is 2.37. The van der Waals surface area contributed by atoms with Crippen LogP contribution in [0.1, 0.15) is 5.56 Å². The molecule has 23 heavy (non-hydrogen) atoms. The molecule has 0 bridgehead atoms. The Morgan fingerprint density at radius 3 is 2.30 bits per heavy atom. The zero-order valence-corrected chi connectivity index (χ0v) is 13.6. The summed E-state index contributed by atoms with van der Waals surface area (Å²) in [7, 11) is 3.32. The summed E-state index contributed by atoms with van der Waals surface area (Å²) < 4.78 is 16.3. The molecule has 5 heteroatoms. The molecular weight excluding hydrogens is 292 g/mol. The maximum absolute atomic E-state index is 5.45. The number of aromatic nitrogens is 1. The van der Waals surface area contributed by atoms with Crippen molar-refractivity contribution in [3.8, 4) is 22.8 Å². The molecule has 122 valence electrons. The Balaban J connectivity index is 1.82. The summed E-state index contributed by atoms with van der Waals surface area (Å²) in [5, 5.41) is 0. The second-order valence-corrected chi connectivity index (χ2v) is 5.48. The molecule has 1 saturated heterocycles. The Hall–Kier alpha value is -2.11. The van der Waals surface area contributed by atoms with Crippen LogP contribution in [0.5, 0.6) is 11.5 Å². The zero-order chi connectivity index (χ0) is 16.1. The van der Waals surface area contributed by atoms with E-state index < -0.39 is 0 Å². The van der Waals surface area contributed by atoms with Gasteiger partial charge in [0, 0.05) is 25.8 Å². The Labute approximate surface area is 136 Å². The van der Waals surface area contributed by atoms with Crippen molar-refractivity contribution in [2.24, 2.45) is 0 Å². The molecule has 1 fully saturated rings. The number of rotatable bonds is 5. The SMILES string of the molecule is COc1cccc(OC)c1-c1ccc(CN2CCOCC2)cn1. The third-order valence-electron chi connectivity index (χ3n) is 4.02. The first kappa shape index (κ1) is 15.8. The van der Waals surface area contributed by atoms with E-state index >= 15 is 0 Å². The van der Waals surface area contributed by atoms with E-state index in [4.69, 9.17) is 14.2 Å². The zero-order valence-electron chi connectivity index (χ0n) is 13.6. The summed E-state index contributed by atoms with van der Waals surface area (Å²) in [4.78, 5) is 6.99. The molecule has 1 aromatic heterocycles. The predicted molar refractivity (Wildman–Crippen MR) is 88.9 cm³/mol. The molecule has 1 aliphatic rings. The van der Waals surface area contributed by atoms with Gasteiger partial charge in [-0.05, 0) is 23.8 Å². The van der Waals surface area contributed by atoms with Gasteiger partial charge in [-0.15, -0.1) is 0 Å². The van der Waals surface area contributed by atoms with Gasteiger partial charge in [0.05, 0.1) is 38.7 Å². The van der Waals surface area contributed by atoms with Gasteiger partial charge in [-0.3, -0.25) is 9.88 Å². The predicted octanol–water partition coefficient (Wildman–Crippen LogP) is 2.60. The van der Waals surface area contributed by atoms with Crippen LogP contribution < -0.4 is 9.47 Å². The summed E-state index contributed by atoms with van der Waals surface area (Å²) in [5.74, 6) is 1.52. The Kier molecular flexibility index (Phi) is 5.10. The van der Waals surface area contributed by atoms with Gasteiger partial charge in [0.25, 0.3) is 0 Å². The lowest BCUT2D eigenvalue weighted by Crippen LogP contribution is -2.35. The average molecular weight is 314 g/mol. The number of hydrogen-bond donors (Lipinski definition) is 0. The Bertz CT molecular complexity index is 615. The third kappa shape index (κ3) is 3.63. The van der Waals surface area contributed by atoms with Crippen molar-refractivity contribution >= 4 is 0 Å². The molecule has 0 aliphatic carbocycles. The number of morpholine rings is 1. The van der Waals surface area contributed by atoms with Gasteiger partial charge in [0.15, 0.2) is 0 Å². The van der Waals surface area contributed by atoms with Crippen molar-refractivity contribution in [1.29, 1.82) is 0 Å². The van der Waals surface area contributed by atoms with Crippen LogP contribution in [0.3, 0.4) is 0 Å². The number of methoxy groups -OCH3 is 2. The number of nitrogens with zero attached hydrogens (tertiary/aromatic N) is 2. The molecule has 0 saturated carbocycles. The molecule has 3 rings (SSSR count). The fourth-order valence-corrected chi connectivity index (χ4v) is 2.79. The smallest absolute Gasteiger partial charge is 0.132 e. The number of ether oxygens (including phenoxy) is 3. The van der Waals surface area contributed by atoms with E-state index in [1.807, 2.05) is 30.5 Å². The standard InChI is InChI=1S/C18H22N2O3/c1-21-16-4-3-5-17(22-2)18(16)15-7-6-14(12-19-15)13-20-8-10-23-11-9-20/h3-7,12H,8-11,13H2,1-2H3. The molecule has 2 aromatic rings. The first-order chi connectivity index (χ1) is 11.3. The van der Waals surface area contributed by atoms with Crippen molar-refractivity contribution in [2.75, 3.05) is 40.5 Å². The average Bonchev–Trinajstić information content (AvgIpc) is 2.62. The maximum Gasteiger partial charge on any atom is 0.132 e. The summed E-state index contributed by atoms with van der Waals surface area (Å²) in [6.07, 6.45) is 1.93. The minimum absolute atomic E-state index is 0.762. The van der Waals surface area contributed by atoms with Crippen LogP contribution in [0, 0.1) is 0 Å². The van der Waals surface area contributed by atoms with Gasteiger partial charge in [-0.2, -0.15) is 0 Å². The van der Waals surface area contributed by atoms with Crippen LogP contribution in [-0.4, -0.2) is 50.4 Å². The maximum atomic E-state index is 5.45. The van der Waals surface area contributed by atoms with Gasteiger partial charge in [-0.25, -0.2) is 0 Å². The number of hydrogen-bond acceptors (Lipinski definition) is 5. The quantitative estimate of drug-likeness (QED) is 0.849. The van der Waals surface area contributed by atoms with E-state index in [2.05, 4.69) is 16.0 Å². The number of benzene rings is 1. The largest absolute Gasteiger partial charge is 0.496 e. The second-order valence-electron chi connectivity index (χ2n) is 5.48. The summed E-state index contributed by atoms with van der Waals surface area (Å²) in [5.41, 5.74) is 2.94. The topological polar surface area (TPSA) is 43.8 Å². The van der Waals surface area contributed by atoms with E-state index in [1.54, 1.807) is 14.2 Å². The molecule has 0 amide bonds. The van der Waals surface area contributed by atoms with Crippen molar-refractivity contribution in [1.82, 2.24) is 9.88 Å². The van der Waals surface area contributed by atoms with E-state index in [-0.39, 0.29) is 0 Å². The van der Waals surface area contributed by atoms with Crippen LogP contribution in [0.15, 0.2) is 36.5 Å². The lowest BCUT2D eigenvalue weighted by molar-refractivity contribution is 0.0341. The highest BCUT2D eigenvalue weighted by Gasteiger charge is 2.14. The lowest BCUT2D eigenvalue weighted by Gasteiger charge is -2.26. The van der Waals surface area contributed by atoms with Crippen molar-refractivity contribution in [3.63, 3.8) is 0 Å². The van der Waals surface area contributed by atoms with Gasteiger partial charge < -0.3 is 14.2 Å². The molecule has 0 unspecified atom stereocenters. The summed E-state index contributed by atoms with van der Waals surface area (Å²) >= 11 is 0. The Morgan fingerprint density at radius 1 is 1.04 bits per heavy atom.